The number of fused-ring (bicyclic) bond motifs is 1. The van der Waals surface area contributed by atoms with E-state index >= 15 is 0 Å². The van der Waals surface area contributed by atoms with Gasteiger partial charge in [0.05, 0.1) is 16.6 Å². The summed E-state index contributed by atoms with van der Waals surface area (Å²) >= 11 is 0. The third kappa shape index (κ3) is 4.57. The van der Waals surface area contributed by atoms with E-state index < -0.39 is 17.8 Å². The summed E-state index contributed by atoms with van der Waals surface area (Å²) in [7, 11) is 0. The van der Waals surface area contributed by atoms with Crippen LogP contribution in [0.4, 0.5) is 0 Å². The van der Waals surface area contributed by atoms with Gasteiger partial charge in [0.25, 0.3) is 11.5 Å². The molecule has 0 bridgehead atoms. The Kier molecular flexibility index (Phi) is 6.71. The first-order chi connectivity index (χ1) is 17.4. The van der Waals surface area contributed by atoms with Gasteiger partial charge in [-0.15, -0.1) is 0 Å². The number of para-hydroxylation sites is 1. The molecule has 2 aromatic heterocycles. The summed E-state index contributed by atoms with van der Waals surface area (Å²) in [5, 5.41) is 3.04. The first-order valence-electron chi connectivity index (χ1n) is 12.8. The molecule has 2 amide bonds. The Balaban J connectivity index is 1.69. The van der Waals surface area contributed by atoms with Crippen LogP contribution in [0.15, 0.2) is 46.0 Å². The highest BCUT2D eigenvalue weighted by Crippen LogP contribution is 2.21. The maximum Gasteiger partial charge on any atom is 0.337 e. The van der Waals surface area contributed by atoms with Gasteiger partial charge in [-0.05, 0) is 50.8 Å². The van der Waals surface area contributed by atoms with Crippen LogP contribution in [-0.2, 0) is 11.3 Å². The van der Waals surface area contributed by atoms with Crippen LogP contribution >= 0.6 is 0 Å². The lowest BCUT2D eigenvalue weighted by Crippen LogP contribution is -2.46. The molecule has 0 atom stereocenters. The van der Waals surface area contributed by atoms with Crippen molar-refractivity contribution in [2.45, 2.75) is 64.5 Å². The summed E-state index contributed by atoms with van der Waals surface area (Å²) in [5.74, 6) is -0.635. The number of carbonyl (C=O) groups is 2. The van der Waals surface area contributed by atoms with E-state index in [1.54, 1.807) is 42.2 Å². The van der Waals surface area contributed by atoms with Crippen LogP contribution in [-0.4, -0.2) is 50.0 Å². The fourth-order valence-electron chi connectivity index (χ4n) is 5.33. The number of carbonyl (C=O) groups excluding carboxylic acids is 2. The smallest absolute Gasteiger partial charge is 0.337 e. The van der Waals surface area contributed by atoms with Crippen molar-refractivity contribution in [3.8, 4) is 5.69 Å². The Bertz CT molecular complexity index is 1410. The Labute approximate surface area is 208 Å². The summed E-state index contributed by atoms with van der Waals surface area (Å²) in [6, 6.07) is 10.5. The molecule has 188 valence electrons. The van der Waals surface area contributed by atoms with Gasteiger partial charge in [0.1, 0.15) is 6.54 Å². The number of aryl methyl sites for hydroxylation is 1. The highest BCUT2D eigenvalue weighted by molar-refractivity contribution is 6.05. The van der Waals surface area contributed by atoms with E-state index in [1.807, 2.05) is 6.07 Å². The first-order valence-corrected chi connectivity index (χ1v) is 12.8. The maximum atomic E-state index is 13.8. The summed E-state index contributed by atoms with van der Waals surface area (Å²) in [6.07, 6.45) is 6.86. The third-order valence-corrected chi connectivity index (χ3v) is 7.13. The van der Waals surface area contributed by atoms with Crippen molar-refractivity contribution in [2.75, 3.05) is 13.1 Å². The molecule has 0 spiro atoms. The van der Waals surface area contributed by atoms with Gasteiger partial charge in [-0.3, -0.25) is 14.4 Å². The number of amides is 2. The third-order valence-electron chi connectivity index (χ3n) is 7.13. The molecular formula is C27H31N5O4. The average molecular weight is 490 g/mol. The van der Waals surface area contributed by atoms with Crippen molar-refractivity contribution < 1.29 is 9.59 Å². The highest BCUT2D eigenvalue weighted by atomic mass is 16.2. The molecule has 5 rings (SSSR count). The Morgan fingerprint density at radius 2 is 1.69 bits per heavy atom. The maximum absolute atomic E-state index is 13.8. The largest absolute Gasteiger partial charge is 0.352 e. The lowest BCUT2D eigenvalue weighted by atomic mass is 9.95. The van der Waals surface area contributed by atoms with Crippen molar-refractivity contribution in [1.29, 1.82) is 0 Å². The van der Waals surface area contributed by atoms with Crippen LogP contribution < -0.4 is 16.6 Å². The zero-order chi connectivity index (χ0) is 25.2. The predicted octanol–water partition coefficient (Wildman–Crippen LogP) is 2.54. The first kappa shape index (κ1) is 24.0. The second-order valence-electron chi connectivity index (χ2n) is 9.76. The number of likely N-dealkylation sites (tertiary alicyclic amines) is 1. The van der Waals surface area contributed by atoms with Crippen molar-refractivity contribution in [3.05, 3.63) is 68.5 Å². The number of rotatable bonds is 5. The van der Waals surface area contributed by atoms with Gasteiger partial charge in [0, 0.05) is 24.8 Å². The molecule has 1 saturated carbocycles. The number of pyridine rings is 1. The molecule has 36 heavy (non-hydrogen) atoms. The lowest BCUT2D eigenvalue weighted by Gasteiger charge is -2.23. The average Bonchev–Trinajstić information content (AvgIpc) is 3.42. The second kappa shape index (κ2) is 10.1. The van der Waals surface area contributed by atoms with Crippen molar-refractivity contribution in [1.82, 2.24) is 24.3 Å². The Morgan fingerprint density at radius 3 is 2.39 bits per heavy atom. The molecule has 1 N–H and O–H groups in total. The van der Waals surface area contributed by atoms with E-state index in [1.165, 1.54) is 4.57 Å². The summed E-state index contributed by atoms with van der Waals surface area (Å²) in [4.78, 5) is 60.1. The zero-order valence-electron chi connectivity index (χ0n) is 20.5. The molecule has 0 radical (unpaired) electrons. The second-order valence-corrected chi connectivity index (χ2v) is 9.76. The molecule has 1 aliphatic carbocycles. The van der Waals surface area contributed by atoms with Gasteiger partial charge >= 0.3 is 5.69 Å². The normalized spacial score (nSPS) is 16.4. The van der Waals surface area contributed by atoms with Crippen LogP contribution in [0.1, 0.15) is 61.0 Å². The van der Waals surface area contributed by atoms with Crippen molar-refractivity contribution in [3.63, 3.8) is 0 Å². The summed E-state index contributed by atoms with van der Waals surface area (Å²) < 4.78 is 2.27. The summed E-state index contributed by atoms with van der Waals surface area (Å²) in [6.45, 7) is 2.57. The Hall–Kier alpha value is -3.75. The van der Waals surface area contributed by atoms with E-state index in [0.717, 1.165) is 49.5 Å². The number of nitrogens with zero attached hydrogens (tertiary/aromatic N) is 4. The molecule has 1 saturated heterocycles. The van der Waals surface area contributed by atoms with Crippen LogP contribution in [0.5, 0.6) is 0 Å². The number of hydrogen-bond acceptors (Lipinski definition) is 5. The fourth-order valence-corrected chi connectivity index (χ4v) is 5.33. The molecule has 2 aliphatic rings. The Morgan fingerprint density at radius 1 is 1.00 bits per heavy atom. The highest BCUT2D eigenvalue weighted by Gasteiger charge is 2.27. The summed E-state index contributed by atoms with van der Waals surface area (Å²) in [5.41, 5.74) is 0.0531. The molecule has 9 nitrogen and oxygen atoms in total. The van der Waals surface area contributed by atoms with Crippen LogP contribution in [0.2, 0.25) is 0 Å². The SMILES string of the molecule is Cc1cc(C(=O)N2CCCC2)c2c(=O)n(CC(=O)NC3CCCCC3)c(=O)n(-c3ccccc3)c2n1. The number of hydrogen-bond donors (Lipinski definition) is 1. The minimum absolute atomic E-state index is 0.0513. The van der Waals surface area contributed by atoms with Crippen LogP contribution in [0.3, 0.4) is 0 Å². The van der Waals surface area contributed by atoms with Crippen LogP contribution in [0, 0.1) is 6.92 Å². The van der Waals surface area contributed by atoms with Crippen molar-refractivity contribution in [2.24, 2.45) is 0 Å². The van der Waals surface area contributed by atoms with Gasteiger partial charge in [-0.2, -0.15) is 0 Å². The predicted molar refractivity (Wildman–Crippen MR) is 136 cm³/mol. The van der Waals surface area contributed by atoms with E-state index in [4.69, 9.17) is 0 Å². The van der Waals surface area contributed by atoms with Gasteiger partial charge in [0.2, 0.25) is 5.91 Å². The molecule has 1 aliphatic heterocycles. The minimum atomic E-state index is -0.670. The molecule has 9 heteroatoms. The fraction of sp³-hybridized carbons (Fsp3) is 0.444. The topological polar surface area (TPSA) is 106 Å². The standard InChI is InChI=1S/C27H31N5O4/c1-18-16-21(25(34)30-14-8-9-15-30)23-24(28-18)32(20-12-6-3-7-13-20)27(36)31(26(23)35)17-22(33)29-19-10-4-2-5-11-19/h3,6-7,12-13,16,19H,2,4-5,8-11,14-15,17H2,1H3,(H,29,33). The number of nitrogens with one attached hydrogen (secondary N) is 1. The number of benzene rings is 1. The molecule has 3 heterocycles. The number of aromatic nitrogens is 3. The molecular weight excluding hydrogens is 458 g/mol. The van der Waals surface area contributed by atoms with Gasteiger partial charge in [-0.1, -0.05) is 37.5 Å². The monoisotopic (exact) mass is 489 g/mol. The van der Waals surface area contributed by atoms with E-state index in [9.17, 15) is 19.2 Å². The van der Waals surface area contributed by atoms with Gasteiger partial charge < -0.3 is 10.2 Å². The van der Waals surface area contributed by atoms with Crippen molar-refractivity contribution >= 4 is 22.8 Å². The van der Waals surface area contributed by atoms with E-state index in [2.05, 4.69) is 10.3 Å². The van der Waals surface area contributed by atoms with Crippen LogP contribution in [0.25, 0.3) is 16.7 Å². The zero-order valence-corrected chi connectivity index (χ0v) is 20.5. The lowest BCUT2D eigenvalue weighted by molar-refractivity contribution is -0.122. The van der Waals surface area contributed by atoms with Gasteiger partial charge in [0.15, 0.2) is 5.65 Å². The molecule has 1 aromatic carbocycles. The van der Waals surface area contributed by atoms with Gasteiger partial charge in [-0.25, -0.2) is 18.9 Å². The molecule has 3 aromatic rings. The molecule has 0 unspecified atom stereocenters. The quantitative estimate of drug-likeness (QED) is 0.593. The van der Waals surface area contributed by atoms with E-state index in [-0.39, 0.29) is 34.5 Å². The molecule has 2 fully saturated rings. The van der Waals surface area contributed by atoms with E-state index in [0.29, 0.717) is 24.5 Å². The minimum Gasteiger partial charge on any atom is -0.352 e.